The van der Waals surface area contributed by atoms with Gasteiger partial charge in [0.05, 0.1) is 0 Å². The van der Waals surface area contributed by atoms with Crippen LogP contribution >= 0.6 is 0 Å². The average Bonchev–Trinajstić information content (AvgIpc) is 2.15. The molecule has 0 atom stereocenters. The molecule has 39 valence electrons. The Hall–Kier alpha value is -1.25. The average molecular weight is 106 g/mol. The van der Waals surface area contributed by atoms with Gasteiger partial charge in [-0.1, -0.05) is 0 Å². The van der Waals surface area contributed by atoms with E-state index in [1.807, 2.05) is 22.9 Å². The van der Waals surface area contributed by atoms with Crippen LogP contribution in [0.4, 0.5) is 5.82 Å². The monoisotopic (exact) mass is 106 g/mol. The summed E-state index contributed by atoms with van der Waals surface area (Å²) < 4.78 is 1.86. The molecule has 3 nitrogen and oxygen atoms in total. The van der Waals surface area contributed by atoms with Gasteiger partial charge in [-0.25, -0.2) is 0 Å². The van der Waals surface area contributed by atoms with E-state index < -0.39 is 0 Å². The molecule has 0 N–H and O–H groups in total. The highest BCUT2D eigenvalue weighted by Crippen LogP contribution is 2.09. The van der Waals surface area contributed by atoms with Crippen molar-refractivity contribution in [3.05, 3.63) is 18.3 Å². The van der Waals surface area contributed by atoms with E-state index in [2.05, 4.69) is 10.5 Å². The van der Waals surface area contributed by atoms with Crippen LogP contribution in [0.5, 0.6) is 0 Å². The number of rotatable bonds is 0. The lowest BCUT2D eigenvalue weighted by Crippen LogP contribution is -1.84. The van der Waals surface area contributed by atoms with Crippen molar-refractivity contribution in [2.75, 3.05) is 0 Å². The van der Waals surface area contributed by atoms with Crippen LogP contribution < -0.4 is 5.43 Å². The van der Waals surface area contributed by atoms with Crippen LogP contribution in [0.15, 0.2) is 23.4 Å². The van der Waals surface area contributed by atoms with Crippen molar-refractivity contribution in [1.29, 1.82) is 0 Å². The molecule has 1 radical (unpaired) electrons. The van der Waals surface area contributed by atoms with Gasteiger partial charge >= 0.3 is 0 Å². The van der Waals surface area contributed by atoms with Crippen LogP contribution in [-0.4, -0.2) is 10.9 Å². The van der Waals surface area contributed by atoms with Crippen LogP contribution in [0.3, 0.4) is 0 Å². The second kappa shape index (κ2) is 1.12. The second-order valence-electron chi connectivity index (χ2n) is 1.60. The van der Waals surface area contributed by atoms with Gasteiger partial charge in [0, 0.05) is 6.20 Å². The van der Waals surface area contributed by atoms with Crippen LogP contribution in [0.2, 0.25) is 0 Å². The van der Waals surface area contributed by atoms with Gasteiger partial charge < -0.3 is 0 Å². The van der Waals surface area contributed by atoms with Crippen LogP contribution in [-0.2, 0) is 0 Å². The molecule has 3 heteroatoms. The van der Waals surface area contributed by atoms with E-state index >= 15 is 0 Å². The summed E-state index contributed by atoms with van der Waals surface area (Å²) in [5, 5.41) is 3.67. The third kappa shape index (κ3) is 0.307. The van der Waals surface area contributed by atoms with Crippen LogP contribution in [0, 0.1) is 0 Å². The highest BCUT2D eigenvalue weighted by atomic mass is 15.4. The first kappa shape index (κ1) is 3.72. The Morgan fingerprint density at radius 2 is 2.50 bits per heavy atom. The summed E-state index contributed by atoms with van der Waals surface area (Å²) in [6.45, 7) is 0. The van der Waals surface area contributed by atoms with E-state index in [4.69, 9.17) is 0 Å². The second-order valence-corrected chi connectivity index (χ2v) is 1.60. The first-order valence-corrected chi connectivity index (χ1v) is 2.38. The van der Waals surface area contributed by atoms with Crippen molar-refractivity contribution in [2.45, 2.75) is 0 Å². The smallest absolute Gasteiger partial charge is 0.160 e. The molecule has 0 saturated heterocycles. The van der Waals surface area contributed by atoms with E-state index in [0.717, 1.165) is 5.82 Å². The predicted molar refractivity (Wildman–Crippen MR) is 30.1 cm³/mol. The van der Waals surface area contributed by atoms with E-state index in [9.17, 15) is 0 Å². The molecule has 0 aromatic carbocycles. The van der Waals surface area contributed by atoms with Gasteiger partial charge in [0.15, 0.2) is 5.82 Å². The van der Waals surface area contributed by atoms with E-state index in [-0.39, 0.29) is 0 Å². The molecule has 1 aromatic rings. The van der Waals surface area contributed by atoms with Gasteiger partial charge in [-0.15, -0.1) is 10.5 Å². The number of hydrogen-bond acceptors (Lipinski definition) is 1. The maximum atomic E-state index is 3.79. The maximum absolute atomic E-state index is 3.79. The Morgan fingerprint density at radius 1 is 1.50 bits per heavy atom. The highest BCUT2D eigenvalue weighted by molar-refractivity contribution is 5.67. The summed E-state index contributed by atoms with van der Waals surface area (Å²) in [6, 6.07) is 3.84. The molecule has 0 aliphatic carbocycles. The van der Waals surface area contributed by atoms with Crippen LogP contribution in [0.1, 0.15) is 0 Å². The molecule has 0 unspecified atom stereocenters. The Labute approximate surface area is 46.6 Å². The van der Waals surface area contributed by atoms with Crippen molar-refractivity contribution < 1.29 is 0 Å². The first-order valence-electron chi connectivity index (χ1n) is 2.38. The third-order valence-electron chi connectivity index (χ3n) is 1.09. The summed E-state index contributed by atoms with van der Waals surface area (Å²) in [5.41, 5.74) is 3.79. The lowest BCUT2D eigenvalue weighted by atomic mass is 10.6. The van der Waals surface area contributed by atoms with E-state index in [1.165, 1.54) is 0 Å². The van der Waals surface area contributed by atoms with Crippen molar-refractivity contribution in [3.63, 3.8) is 0 Å². The molecule has 1 aliphatic rings. The van der Waals surface area contributed by atoms with Crippen LogP contribution in [0.25, 0.3) is 0 Å². The molecule has 0 spiro atoms. The number of nitrogens with zero attached hydrogens (tertiary/aromatic N) is 3. The fourth-order valence-electron chi connectivity index (χ4n) is 0.707. The molecule has 2 rings (SSSR count). The molecule has 0 saturated carbocycles. The van der Waals surface area contributed by atoms with Gasteiger partial charge in [-0.2, -0.15) is 0 Å². The Kier molecular flexibility index (Phi) is 0.521. The zero-order valence-electron chi connectivity index (χ0n) is 4.15. The highest BCUT2D eigenvalue weighted by Gasteiger charge is 2.02. The lowest BCUT2D eigenvalue weighted by Gasteiger charge is -1.83. The van der Waals surface area contributed by atoms with Gasteiger partial charge in [0.1, 0.15) is 6.34 Å². The largest absolute Gasteiger partial charge is 0.289 e. The molecule has 0 bridgehead atoms. The molecular weight excluding hydrogens is 102 g/mol. The zero-order valence-corrected chi connectivity index (χ0v) is 4.15. The lowest BCUT2D eigenvalue weighted by molar-refractivity contribution is 0.972. The van der Waals surface area contributed by atoms with Crippen molar-refractivity contribution in [1.82, 2.24) is 9.99 Å². The summed E-state index contributed by atoms with van der Waals surface area (Å²) in [4.78, 5) is 0. The van der Waals surface area contributed by atoms with Gasteiger partial charge in [0.2, 0.25) is 0 Å². The molecular formula is C5H4N3. The third-order valence-corrected chi connectivity index (χ3v) is 1.09. The van der Waals surface area contributed by atoms with E-state index in [1.54, 1.807) is 6.34 Å². The predicted octanol–water partition coefficient (Wildman–Crippen LogP) is 0.529. The number of hydrogen-bond donors (Lipinski definition) is 0. The molecule has 0 amide bonds. The van der Waals surface area contributed by atoms with Gasteiger partial charge in [0.25, 0.3) is 0 Å². The Bertz CT molecular complexity index is 223. The summed E-state index contributed by atoms with van der Waals surface area (Å²) in [7, 11) is 0. The van der Waals surface area contributed by atoms with Crippen molar-refractivity contribution in [2.24, 2.45) is 5.10 Å². The Morgan fingerprint density at radius 3 is 3.38 bits per heavy atom. The summed E-state index contributed by atoms with van der Waals surface area (Å²) in [6.07, 6.45) is 3.59. The topological polar surface area (TPSA) is 31.4 Å². The summed E-state index contributed by atoms with van der Waals surface area (Å²) >= 11 is 0. The van der Waals surface area contributed by atoms with Gasteiger partial charge in [-0.3, -0.25) is 4.57 Å². The molecule has 0 fully saturated rings. The SMILES string of the molecule is C1=N[N]c2cccn21. The molecule has 1 aliphatic heterocycles. The normalized spacial score (nSPS) is 13.5. The minimum Gasteiger partial charge on any atom is -0.289 e. The minimum absolute atomic E-state index is 0.907. The van der Waals surface area contributed by atoms with Crippen molar-refractivity contribution in [3.8, 4) is 0 Å². The fourth-order valence-corrected chi connectivity index (χ4v) is 0.707. The quantitative estimate of drug-likeness (QED) is 0.462. The maximum Gasteiger partial charge on any atom is 0.160 e. The van der Waals surface area contributed by atoms with Crippen molar-refractivity contribution >= 4 is 12.2 Å². The molecule has 1 aromatic heterocycles. The minimum atomic E-state index is 0.907. The van der Waals surface area contributed by atoms with E-state index in [0.29, 0.717) is 0 Å². The number of fused-ring (bicyclic) bond motifs is 1. The standard InChI is InChI=1S/C5H4N3/c1-2-5-7-6-4-8(5)3-1/h1-4H. The first-order chi connectivity index (χ1) is 3.97. The van der Waals surface area contributed by atoms with Gasteiger partial charge in [-0.05, 0) is 12.1 Å². The zero-order chi connectivity index (χ0) is 5.40. The molecule has 8 heavy (non-hydrogen) atoms. The number of aromatic nitrogens is 1. The molecule has 2 heterocycles. The Balaban J connectivity index is 2.67. The fraction of sp³-hybridized carbons (Fsp3) is 0. The summed E-state index contributed by atoms with van der Waals surface area (Å²) in [5.74, 6) is 0.907.